The standard InChI is InChI=1S/C13H15N3O3S/c1-20-7-6-11(12(17)18)16-13(19)15-10-4-2-9(8-14)3-5-10/h2-5,11H,6-7H2,1H3,(H,17,18)(H2,15,16,19). The molecule has 3 N–H and O–H groups in total. The van der Waals surface area contributed by atoms with Crippen molar-refractivity contribution in [3.8, 4) is 6.07 Å². The number of benzene rings is 1. The number of thioether (sulfide) groups is 1. The zero-order valence-corrected chi connectivity index (χ0v) is 11.7. The van der Waals surface area contributed by atoms with Crippen molar-refractivity contribution in [1.29, 1.82) is 5.26 Å². The molecule has 20 heavy (non-hydrogen) atoms. The number of amides is 2. The fourth-order valence-electron chi connectivity index (χ4n) is 1.45. The molecular formula is C13H15N3O3S. The maximum Gasteiger partial charge on any atom is 0.326 e. The molecule has 1 aromatic carbocycles. The van der Waals surface area contributed by atoms with Crippen LogP contribution in [0.15, 0.2) is 24.3 Å². The number of carbonyl (C=O) groups is 2. The number of carboxylic acid groups (broad SMARTS) is 1. The molecule has 0 saturated carbocycles. The molecule has 1 unspecified atom stereocenters. The maximum absolute atomic E-state index is 11.7. The summed E-state index contributed by atoms with van der Waals surface area (Å²) in [5, 5.41) is 22.6. The fourth-order valence-corrected chi connectivity index (χ4v) is 1.92. The molecule has 0 aliphatic rings. The average Bonchev–Trinajstić information content (AvgIpc) is 2.44. The van der Waals surface area contributed by atoms with Gasteiger partial charge in [0.2, 0.25) is 0 Å². The molecule has 0 aliphatic heterocycles. The van der Waals surface area contributed by atoms with E-state index in [9.17, 15) is 9.59 Å². The highest BCUT2D eigenvalue weighted by Crippen LogP contribution is 2.09. The Morgan fingerprint density at radius 1 is 1.40 bits per heavy atom. The Hall–Kier alpha value is -2.20. The third-order valence-electron chi connectivity index (χ3n) is 2.49. The van der Waals surface area contributed by atoms with E-state index in [0.29, 0.717) is 23.4 Å². The van der Waals surface area contributed by atoms with E-state index in [4.69, 9.17) is 10.4 Å². The highest BCUT2D eigenvalue weighted by atomic mass is 32.2. The number of hydrogen-bond acceptors (Lipinski definition) is 4. The molecule has 0 saturated heterocycles. The lowest BCUT2D eigenvalue weighted by Gasteiger charge is -2.14. The van der Waals surface area contributed by atoms with Crippen LogP contribution in [0.1, 0.15) is 12.0 Å². The number of rotatable bonds is 6. The Kier molecular flexibility index (Phi) is 6.40. The van der Waals surface area contributed by atoms with Crippen molar-refractivity contribution >= 4 is 29.4 Å². The minimum atomic E-state index is -1.06. The van der Waals surface area contributed by atoms with E-state index >= 15 is 0 Å². The molecular weight excluding hydrogens is 278 g/mol. The minimum absolute atomic E-state index is 0.358. The summed E-state index contributed by atoms with van der Waals surface area (Å²) < 4.78 is 0. The number of anilines is 1. The molecule has 0 heterocycles. The van der Waals surface area contributed by atoms with E-state index in [1.54, 1.807) is 24.3 Å². The van der Waals surface area contributed by atoms with E-state index < -0.39 is 18.0 Å². The van der Waals surface area contributed by atoms with Gasteiger partial charge in [-0.05, 0) is 42.7 Å². The number of urea groups is 1. The van der Waals surface area contributed by atoms with E-state index in [0.717, 1.165) is 0 Å². The van der Waals surface area contributed by atoms with Crippen LogP contribution in [0, 0.1) is 11.3 Å². The van der Waals surface area contributed by atoms with Crippen molar-refractivity contribution in [1.82, 2.24) is 5.32 Å². The second kappa shape index (κ2) is 8.07. The zero-order chi connectivity index (χ0) is 15.0. The van der Waals surface area contributed by atoms with Crippen LogP contribution in [-0.2, 0) is 4.79 Å². The van der Waals surface area contributed by atoms with Gasteiger partial charge in [-0.1, -0.05) is 0 Å². The SMILES string of the molecule is CSCCC(NC(=O)Nc1ccc(C#N)cc1)C(=O)O. The first-order chi connectivity index (χ1) is 9.56. The second-order valence-corrected chi connectivity index (χ2v) is 4.95. The molecule has 0 aromatic heterocycles. The van der Waals surface area contributed by atoms with Gasteiger partial charge < -0.3 is 15.7 Å². The van der Waals surface area contributed by atoms with Crippen molar-refractivity contribution in [3.05, 3.63) is 29.8 Å². The van der Waals surface area contributed by atoms with Gasteiger partial charge in [0.1, 0.15) is 6.04 Å². The summed E-state index contributed by atoms with van der Waals surface area (Å²) in [5.41, 5.74) is 0.981. The monoisotopic (exact) mass is 293 g/mol. The van der Waals surface area contributed by atoms with E-state index in [1.165, 1.54) is 11.8 Å². The van der Waals surface area contributed by atoms with E-state index in [2.05, 4.69) is 10.6 Å². The highest BCUT2D eigenvalue weighted by Gasteiger charge is 2.19. The van der Waals surface area contributed by atoms with Crippen LogP contribution in [0.5, 0.6) is 0 Å². The topological polar surface area (TPSA) is 102 Å². The molecule has 0 spiro atoms. The van der Waals surface area contributed by atoms with Gasteiger partial charge in [-0.3, -0.25) is 0 Å². The van der Waals surface area contributed by atoms with Crippen LogP contribution in [0.2, 0.25) is 0 Å². The van der Waals surface area contributed by atoms with E-state index in [-0.39, 0.29) is 0 Å². The molecule has 7 heteroatoms. The van der Waals surface area contributed by atoms with Crippen LogP contribution in [-0.4, -0.2) is 35.2 Å². The number of nitrogens with zero attached hydrogens (tertiary/aromatic N) is 1. The summed E-state index contributed by atoms with van der Waals surface area (Å²) in [6.07, 6.45) is 2.23. The number of carbonyl (C=O) groups excluding carboxylic acids is 1. The van der Waals surface area contributed by atoms with Crippen LogP contribution in [0.3, 0.4) is 0 Å². The van der Waals surface area contributed by atoms with Crippen LogP contribution in [0.25, 0.3) is 0 Å². The average molecular weight is 293 g/mol. The minimum Gasteiger partial charge on any atom is -0.480 e. The highest BCUT2D eigenvalue weighted by molar-refractivity contribution is 7.98. The molecule has 0 aliphatic carbocycles. The first-order valence-corrected chi connectivity index (χ1v) is 7.25. The normalized spacial score (nSPS) is 11.2. The molecule has 1 rings (SSSR count). The Morgan fingerprint density at radius 3 is 2.55 bits per heavy atom. The molecule has 0 bridgehead atoms. The molecule has 0 fully saturated rings. The van der Waals surface area contributed by atoms with Gasteiger partial charge in [0.15, 0.2) is 0 Å². The quantitative estimate of drug-likeness (QED) is 0.743. The number of nitrogens with one attached hydrogen (secondary N) is 2. The van der Waals surface area contributed by atoms with Crippen molar-refractivity contribution in [2.24, 2.45) is 0 Å². The number of hydrogen-bond donors (Lipinski definition) is 3. The van der Waals surface area contributed by atoms with Crippen LogP contribution >= 0.6 is 11.8 Å². The lowest BCUT2D eigenvalue weighted by Crippen LogP contribution is -2.43. The first kappa shape index (κ1) is 15.9. The van der Waals surface area contributed by atoms with Crippen molar-refractivity contribution < 1.29 is 14.7 Å². The van der Waals surface area contributed by atoms with Gasteiger partial charge in [0, 0.05) is 5.69 Å². The van der Waals surface area contributed by atoms with E-state index in [1.807, 2.05) is 12.3 Å². The smallest absolute Gasteiger partial charge is 0.326 e. The summed E-state index contributed by atoms with van der Waals surface area (Å²) >= 11 is 1.52. The number of nitriles is 1. The Labute approximate surface area is 121 Å². The number of aliphatic carboxylic acids is 1. The van der Waals surface area contributed by atoms with Crippen molar-refractivity contribution in [2.45, 2.75) is 12.5 Å². The van der Waals surface area contributed by atoms with Crippen LogP contribution < -0.4 is 10.6 Å². The zero-order valence-electron chi connectivity index (χ0n) is 10.9. The Morgan fingerprint density at radius 2 is 2.05 bits per heavy atom. The van der Waals surface area contributed by atoms with Crippen molar-refractivity contribution in [2.75, 3.05) is 17.3 Å². The predicted molar refractivity (Wildman–Crippen MR) is 77.7 cm³/mol. The summed E-state index contributed by atoms with van der Waals surface area (Å²) in [4.78, 5) is 22.7. The third-order valence-corrected chi connectivity index (χ3v) is 3.13. The van der Waals surface area contributed by atoms with Gasteiger partial charge in [-0.25, -0.2) is 9.59 Å². The first-order valence-electron chi connectivity index (χ1n) is 5.86. The van der Waals surface area contributed by atoms with Gasteiger partial charge in [0.25, 0.3) is 0 Å². The predicted octanol–water partition coefficient (Wildman–Crippen LogP) is 1.89. The van der Waals surface area contributed by atoms with Gasteiger partial charge in [-0.15, -0.1) is 0 Å². The molecule has 1 aromatic rings. The summed E-state index contributed by atoms with van der Waals surface area (Å²) in [6, 6.07) is 6.77. The molecule has 1 atom stereocenters. The Balaban J connectivity index is 2.56. The third kappa shape index (κ3) is 5.20. The summed E-state index contributed by atoms with van der Waals surface area (Å²) in [7, 11) is 0. The molecule has 2 amide bonds. The number of carboxylic acids is 1. The fraction of sp³-hybridized carbons (Fsp3) is 0.308. The van der Waals surface area contributed by atoms with Gasteiger partial charge >= 0.3 is 12.0 Å². The summed E-state index contributed by atoms with van der Waals surface area (Å²) in [6.45, 7) is 0. The molecule has 106 valence electrons. The lowest BCUT2D eigenvalue weighted by atomic mass is 10.2. The Bertz CT molecular complexity index is 511. The lowest BCUT2D eigenvalue weighted by molar-refractivity contribution is -0.139. The molecule has 6 nitrogen and oxygen atoms in total. The van der Waals surface area contributed by atoms with Gasteiger partial charge in [-0.2, -0.15) is 17.0 Å². The van der Waals surface area contributed by atoms with Crippen molar-refractivity contribution in [3.63, 3.8) is 0 Å². The largest absolute Gasteiger partial charge is 0.480 e. The molecule has 0 radical (unpaired) electrons. The maximum atomic E-state index is 11.7. The second-order valence-electron chi connectivity index (χ2n) is 3.96. The summed E-state index contributed by atoms with van der Waals surface area (Å²) in [5.74, 6) is -0.414. The van der Waals surface area contributed by atoms with Gasteiger partial charge in [0.05, 0.1) is 11.6 Å². The van der Waals surface area contributed by atoms with Crippen LogP contribution in [0.4, 0.5) is 10.5 Å².